The number of benzene rings is 1. The summed E-state index contributed by atoms with van der Waals surface area (Å²) in [4.78, 5) is 38.3. The van der Waals surface area contributed by atoms with Crippen LogP contribution < -0.4 is 10.9 Å². The van der Waals surface area contributed by atoms with Crippen LogP contribution in [0.5, 0.6) is 0 Å². The summed E-state index contributed by atoms with van der Waals surface area (Å²) in [6, 6.07) is 7.35. The minimum Gasteiger partial charge on any atom is -0.451 e. The summed E-state index contributed by atoms with van der Waals surface area (Å²) in [5.74, 6) is -0.870. The zero-order chi connectivity index (χ0) is 18.8. The number of carbonyl (C=O) groups excluding carboxylic acids is 3. The van der Waals surface area contributed by atoms with Crippen molar-refractivity contribution in [3.8, 4) is 0 Å². The van der Waals surface area contributed by atoms with E-state index in [2.05, 4.69) is 10.9 Å². The molecule has 7 heteroatoms. The molecule has 1 atom stereocenters. The Kier molecular flexibility index (Phi) is 4.97. The molecule has 1 aromatic carbocycles. The Hall–Kier alpha value is -2.83. The average molecular weight is 357 g/mol. The first kappa shape index (κ1) is 18.0. The number of hydrogen-bond donors (Lipinski definition) is 2. The predicted octanol–water partition coefficient (Wildman–Crippen LogP) is 2.01. The molecule has 138 valence electrons. The lowest BCUT2D eigenvalue weighted by molar-refractivity contribution is -0.129. The van der Waals surface area contributed by atoms with Crippen molar-refractivity contribution in [2.75, 3.05) is 13.1 Å². The molecule has 2 heterocycles. The van der Waals surface area contributed by atoms with Gasteiger partial charge in [0.15, 0.2) is 5.76 Å². The first-order valence-corrected chi connectivity index (χ1v) is 8.73. The van der Waals surface area contributed by atoms with Crippen molar-refractivity contribution in [2.24, 2.45) is 11.8 Å². The molecule has 3 rings (SSSR count). The molecule has 1 saturated heterocycles. The maximum atomic E-state index is 12.3. The van der Waals surface area contributed by atoms with Gasteiger partial charge in [-0.1, -0.05) is 32.0 Å². The lowest BCUT2D eigenvalue weighted by atomic mass is 10.1. The highest BCUT2D eigenvalue weighted by Gasteiger charge is 2.34. The van der Waals surface area contributed by atoms with Gasteiger partial charge in [0.25, 0.3) is 0 Å². The Morgan fingerprint density at radius 2 is 2.00 bits per heavy atom. The van der Waals surface area contributed by atoms with E-state index in [-0.39, 0.29) is 24.0 Å². The maximum Gasteiger partial charge on any atom is 0.305 e. The molecule has 1 aromatic heterocycles. The van der Waals surface area contributed by atoms with Crippen LogP contribution in [-0.4, -0.2) is 35.7 Å². The van der Waals surface area contributed by atoms with Gasteiger partial charge in [-0.05, 0) is 18.9 Å². The zero-order valence-electron chi connectivity index (χ0n) is 15.2. The van der Waals surface area contributed by atoms with Crippen molar-refractivity contribution in [1.29, 1.82) is 0 Å². The summed E-state index contributed by atoms with van der Waals surface area (Å²) in [5, 5.41) is 0.856. The fourth-order valence-corrected chi connectivity index (χ4v) is 3.23. The average Bonchev–Trinajstić information content (AvgIpc) is 3.13. The molecule has 1 aliphatic rings. The number of hydrogen-bond acceptors (Lipinski definition) is 4. The summed E-state index contributed by atoms with van der Waals surface area (Å²) < 4.78 is 5.57. The Balaban J connectivity index is 1.60. The number of fused-ring (bicyclic) bond motifs is 1. The lowest BCUT2D eigenvalue weighted by Gasteiger charge is -2.18. The molecule has 1 aliphatic heterocycles. The number of hydrazine groups is 1. The van der Waals surface area contributed by atoms with Gasteiger partial charge < -0.3 is 9.32 Å². The Bertz CT molecular complexity index is 856. The van der Waals surface area contributed by atoms with Crippen molar-refractivity contribution in [3.05, 3.63) is 35.6 Å². The number of likely N-dealkylation sites (tertiary alicyclic amines) is 1. The van der Waals surface area contributed by atoms with E-state index in [4.69, 9.17) is 4.42 Å². The van der Waals surface area contributed by atoms with E-state index < -0.39 is 11.8 Å². The van der Waals surface area contributed by atoms with E-state index in [1.807, 2.05) is 32.0 Å². The van der Waals surface area contributed by atoms with Crippen LogP contribution in [0.4, 0.5) is 0 Å². The third-order valence-electron chi connectivity index (χ3n) is 4.52. The van der Waals surface area contributed by atoms with Crippen LogP contribution >= 0.6 is 0 Å². The Labute approximate surface area is 151 Å². The SMILES string of the molecule is Cc1c(C(=O)NNC(=O)C2CC(=O)N(CC(C)C)C2)oc2ccccc12. The van der Waals surface area contributed by atoms with Crippen molar-refractivity contribution in [3.63, 3.8) is 0 Å². The highest BCUT2D eigenvalue weighted by Crippen LogP contribution is 2.24. The van der Waals surface area contributed by atoms with Gasteiger partial charge in [0.1, 0.15) is 5.58 Å². The van der Waals surface area contributed by atoms with Gasteiger partial charge in [-0.2, -0.15) is 0 Å². The van der Waals surface area contributed by atoms with Crippen LogP contribution in [0.1, 0.15) is 36.4 Å². The van der Waals surface area contributed by atoms with E-state index in [1.54, 1.807) is 17.9 Å². The largest absolute Gasteiger partial charge is 0.451 e. The van der Waals surface area contributed by atoms with Crippen LogP contribution in [0, 0.1) is 18.8 Å². The summed E-state index contributed by atoms with van der Waals surface area (Å²) in [6.07, 6.45) is 0.165. The monoisotopic (exact) mass is 357 g/mol. The van der Waals surface area contributed by atoms with Crippen LogP contribution in [0.15, 0.2) is 28.7 Å². The molecule has 7 nitrogen and oxygen atoms in total. The minimum absolute atomic E-state index is 0.0293. The summed E-state index contributed by atoms with van der Waals surface area (Å²) in [7, 11) is 0. The molecule has 26 heavy (non-hydrogen) atoms. The number of nitrogens with one attached hydrogen (secondary N) is 2. The number of rotatable bonds is 4. The van der Waals surface area contributed by atoms with Crippen molar-refractivity contribution < 1.29 is 18.8 Å². The van der Waals surface area contributed by atoms with E-state index >= 15 is 0 Å². The zero-order valence-corrected chi connectivity index (χ0v) is 15.2. The first-order valence-electron chi connectivity index (χ1n) is 8.73. The van der Waals surface area contributed by atoms with Crippen LogP contribution in [0.3, 0.4) is 0 Å². The second-order valence-corrected chi connectivity index (χ2v) is 7.09. The number of furan rings is 1. The Morgan fingerprint density at radius 3 is 2.69 bits per heavy atom. The van der Waals surface area contributed by atoms with E-state index in [9.17, 15) is 14.4 Å². The molecule has 0 radical (unpaired) electrons. The van der Waals surface area contributed by atoms with E-state index in [0.717, 1.165) is 5.39 Å². The van der Waals surface area contributed by atoms with Gasteiger partial charge >= 0.3 is 5.91 Å². The highest BCUT2D eigenvalue weighted by molar-refractivity contribution is 6.00. The molecule has 0 spiro atoms. The second-order valence-electron chi connectivity index (χ2n) is 7.09. The minimum atomic E-state index is -0.518. The molecular formula is C19H23N3O4. The standard InChI is InChI=1S/C19H23N3O4/c1-11(2)9-22-10-13(8-16(22)23)18(24)20-21-19(25)17-12(3)14-6-4-5-7-15(14)26-17/h4-7,11,13H,8-10H2,1-3H3,(H,20,24)(H,21,25). The molecule has 0 saturated carbocycles. The van der Waals surface area contributed by atoms with Crippen molar-refractivity contribution >= 4 is 28.7 Å². The quantitative estimate of drug-likeness (QED) is 0.819. The molecule has 2 N–H and O–H groups in total. The first-order chi connectivity index (χ1) is 12.4. The van der Waals surface area contributed by atoms with E-state index in [1.165, 1.54) is 0 Å². The maximum absolute atomic E-state index is 12.3. The smallest absolute Gasteiger partial charge is 0.305 e. The molecule has 1 fully saturated rings. The fraction of sp³-hybridized carbons (Fsp3) is 0.421. The third kappa shape index (κ3) is 3.56. The van der Waals surface area contributed by atoms with Gasteiger partial charge in [-0.15, -0.1) is 0 Å². The van der Waals surface area contributed by atoms with E-state index in [0.29, 0.717) is 30.2 Å². The van der Waals surface area contributed by atoms with Gasteiger partial charge in [0.2, 0.25) is 11.8 Å². The number of nitrogens with zero attached hydrogens (tertiary/aromatic N) is 1. The molecule has 0 bridgehead atoms. The highest BCUT2D eigenvalue weighted by atomic mass is 16.3. The summed E-state index contributed by atoms with van der Waals surface area (Å²) in [5.41, 5.74) is 6.13. The number of amides is 3. The third-order valence-corrected chi connectivity index (χ3v) is 4.52. The fourth-order valence-electron chi connectivity index (χ4n) is 3.23. The predicted molar refractivity (Wildman–Crippen MR) is 96.1 cm³/mol. The van der Waals surface area contributed by atoms with Gasteiger partial charge in [-0.25, -0.2) is 0 Å². The topological polar surface area (TPSA) is 91.7 Å². The molecule has 1 unspecified atom stereocenters. The lowest BCUT2D eigenvalue weighted by Crippen LogP contribution is -2.45. The molecule has 2 aromatic rings. The molecular weight excluding hydrogens is 334 g/mol. The van der Waals surface area contributed by atoms with Gasteiger partial charge in [-0.3, -0.25) is 25.2 Å². The Morgan fingerprint density at radius 1 is 1.27 bits per heavy atom. The van der Waals surface area contributed by atoms with Gasteiger partial charge in [0.05, 0.1) is 5.92 Å². The number of carbonyl (C=O) groups is 3. The van der Waals surface area contributed by atoms with Crippen molar-refractivity contribution in [1.82, 2.24) is 15.8 Å². The second kappa shape index (κ2) is 7.19. The van der Waals surface area contributed by atoms with Gasteiger partial charge in [0, 0.05) is 30.5 Å². The normalized spacial score (nSPS) is 17.2. The van der Waals surface area contributed by atoms with Crippen molar-refractivity contribution in [2.45, 2.75) is 27.2 Å². The summed E-state index contributed by atoms with van der Waals surface area (Å²) in [6.45, 7) is 6.85. The molecule has 3 amide bonds. The number of para-hydroxylation sites is 1. The number of aryl methyl sites for hydroxylation is 1. The summed E-state index contributed by atoms with van der Waals surface area (Å²) >= 11 is 0. The van der Waals surface area contributed by atoms with Crippen LogP contribution in [0.25, 0.3) is 11.0 Å². The van der Waals surface area contributed by atoms with Crippen LogP contribution in [0.2, 0.25) is 0 Å². The molecule has 0 aliphatic carbocycles. The van der Waals surface area contributed by atoms with Crippen LogP contribution in [-0.2, 0) is 9.59 Å².